The number of hydrogen-bond donors (Lipinski definition) is 1. The quantitative estimate of drug-likeness (QED) is 0.905. The number of carbonyl (C=O) groups is 1. The molecule has 0 spiro atoms. The zero-order chi connectivity index (χ0) is 13.1. The highest BCUT2D eigenvalue weighted by Crippen LogP contribution is 2.33. The highest BCUT2D eigenvalue weighted by Gasteiger charge is 2.21. The number of amides is 1. The van der Waals surface area contributed by atoms with Gasteiger partial charge in [-0.15, -0.1) is 0 Å². The molecule has 0 aliphatic heterocycles. The lowest BCUT2D eigenvalue weighted by atomic mass is 9.87. The maximum Gasteiger partial charge on any atom is 0.250 e. The van der Waals surface area contributed by atoms with Gasteiger partial charge in [0.1, 0.15) is 6.61 Å². The lowest BCUT2D eigenvalue weighted by Gasteiger charge is -2.23. The summed E-state index contributed by atoms with van der Waals surface area (Å²) in [5.74, 6) is -0.230. The van der Waals surface area contributed by atoms with Crippen LogP contribution in [0.3, 0.4) is 0 Å². The van der Waals surface area contributed by atoms with Crippen molar-refractivity contribution < 1.29 is 9.53 Å². The van der Waals surface area contributed by atoms with Gasteiger partial charge in [-0.1, -0.05) is 32.4 Å². The molecular formula is C12H17ClN2O2. The van der Waals surface area contributed by atoms with Crippen molar-refractivity contribution in [3.8, 4) is 0 Å². The molecule has 0 bridgehead atoms. The minimum absolute atomic E-state index is 0.00222. The second kappa shape index (κ2) is 5.47. The zero-order valence-electron chi connectivity index (χ0n) is 10.5. The van der Waals surface area contributed by atoms with Crippen molar-refractivity contribution in [2.24, 2.45) is 0 Å². The number of ether oxygens (including phenoxy) is 1. The van der Waals surface area contributed by atoms with E-state index in [4.69, 9.17) is 16.3 Å². The fourth-order valence-corrected chi connectivity index (χ4v) is 1.64. The second-order valence-corrected chi connectivity index (χ2v) is 5.18. The van der Waals surface area contributed by atoms with E-state index in [1.807, 2.05) is 20.8 Å². The molecular weight excluding hydrogens is 240 g/mol. The van der Waals surface area contributed by atoms with Crippen LogP contribution in [0.1, 0.15) is 26.3 Å². The first kappa shape index (κ1) is 13.9. The Morgan fingerprint density at radius 1 is 1.47 bits per heavy atom. The zero-order valence-corrected chi connectivity index (χ0v) is 11.3. The topological polar surface area (TPSA) is 51.2 Å². The number of aromatic nitrogens is 1. The lowest BCUT2D eigenvalue weighted by Crippen LogP contribution is -2.22. The maximum atomic E-state index is 11.5. The normalized spacial score (nSPS) is 11.4. The van der Waals surface area contributed by atoms with E-state index in [1.54, 1.807) is 6.20 Å². The minimum Gasteiger partial charge on any atom is -0.375 e. The molecule has 1 rings (SSSR count). The third kappa shape index (κ3) is 3.68. The first-order chi connectivity index (χ1) is 7.86. The van der Waals surface area contributed by atoms with Gasteiger partial charge < -0.3 is 10.1 Å². The van der Waals surface area contributed by atoms with Crippen molar-refractivity contribution in [2.75, 3.05) is 19.0 Å². The summed E-state index contributed by atoms with van der Waals surface area (Å²) in [5.41, 5.74) is 1.36. The van der Waals surface area contributed by atoms with Crippen LogP contribution in [-0.4, -0.2) is 24.6 Å². The van der Waals surface area contributed by atoms with Crippen LogP contribution in [0.5, 0.6) is 0 Å². The Morgan fingerprint density at radius 3 is 2.65 bits per heavy atom. The van der Waals surface area contributed by atoms with Crippen molar-refractivity contribution in [2.45, 2.75) is 26.2 Å². The summed E-state index contributed by atoms with van der Waals surface area (Å²) in [6, 6.07) is 0. The summed E-state index contributed by atoms with van der Waals surface area (Å²) in [7, 11) is 1.47. The van der Waals surface area contributed by atoms with Gasteiger partial charge in [0.15, 0.2) is 0 Å². The van der Waals surface area contributed by atoms with E-state index in [2.05, 4.69) is 10.3 Å². The number of anilines is 1. The highest BCUT2D eigenvalue weighted by molar-refractivity contribution is 6.33. The number of methoxy groups -OCH3 is 1. The number of pyridine rings is 1. The van der Waals surface area contributed by atoms with E-state index in [1.165, 1.54) is 13.3 Å². The molecule has 1 aromatic rings. The van der Waals surface area contributed by atoms with Crippen molar-refractivity contribution in [3.05, 3.63) is 23.0 Å². The van der Waals surface area contributed by atoms with Gasteiger partial charge in [0.25, 0.3) is 0 Å². The van der Waals surface area contributed by atoms with Gasteiger partial charge in [-0.2, -0.15) is 0 Å². The molecule has 0 aliphatic carbocycles. The van der Waals surface area contributed by atoms with E-state index >= 15 is 0 Å². The average Bonchev–Trinajstić information content (AvgIpc) is 2.19. The van der Waals surface area contributed by atoms with Gasteiger partial charge in [-0.3, -0.25) is 9.78 Å². The first-order valence-corrected chi connectivity index (χ1v) is 5.67. The van der Waals surface area contributed by atoms with Crippen LogP contribution in [-0.2, 0) is 14.9 Å². The fourth-order valence-electron chi connectivity index (χ4n) is 1.44. The van der Waals surface area contributed by atoms with Crippen molar-refractivity contribution in [1.29, 1.82) is 0 Å². The average molecular weight is 257 g/mol. The summed E-state index contributed by atoms with van der Waals surface area (Å²) in [5, 5.41) is 3.18. The molecule has 4 nitrogen and oxygen atoms in total. The summed E-state index contributed by atoms with van der Waals surface area (Å²) < 4.78 is 4.77. The van der Waals surface area contributed by atoms with E-state index in [-0.39, 0.29) is 17.9 Å². The molecule has 0 radical (unpaired) electrons. The van der Waals surface area contributed by atoms with Crippen molar-refractivity contribution >= 4 is 23.2 Å². The van der Waals surface area contributed by atoms with Crippen LogP contribution in [0.25, 0.3) is 0 Å². The largest absolute Gasteiger partial charge is 0.375 e. The fraction of sp³-hybridized carbons (Fsp3) is 0.500. The number of nitrogens with zero attached hydrogens (tertiary/aromatic N) is 1. The number of nitrogens with one attached hydrogen (secondary N) is 1. The molecule has 0 atom stereocenters. The Morgan fingerprint density at radius 2 is 2.12 bits per heavy atom. The summed E-state index contributed by atoms with van der Waals surface area (Å²) >= 11 is 6.06. The van der Waals surface area contributed by atoms with Crippen molar-refractivity contribution in [1.82, 2.24) is 4.98 Å². The monoisotopic (exact) mass is 256 g/mol. The summed E-state index contributed by atoms with van der Waals surface area (Å²) in [6.45, 7) is 6.10. The van der Waals surface area contributed by atoms with Gasteiger partial charge in [-0.25, -0.2) is 0 Å². The molecule has 17 heavy (non-hydrogen) atoms. The smallest absolute Gasteiger partial charge is 0.250 e. The predicted octanol–water partition coefficient (Wildman–Crippen LogP) is 2.62. The van der Waals surface area contributed by atoms with Gasteiger partial charge in [0, 0.05) is 25.1 Å². The molecule has 0 aliphatic rings. The minimum atomic E-state index is -0.230. The van der Waals surface area contributed by atoms with Crippen LogP contribution in [0.15, 0.2) is 12.4 Å². The third-order valence-corrected chi connectivity index (χ3v) is 2.53. The Bertz CT molecular complexity index is 413. The number of carbonyl (C=O) groups excluding carboxylic acids is 1. The van der Waals surface area contributed by atoms with E-state index in [9.17, 15) is 4.79 Å². The SMILES string of the molecule is COCC(=O)Nc1c(Cl)cncc1C(C)(C)C. The van der Waals surface area contributed by atoms with E-state index in [0.29, 0.717) is 10.7 Å². The van der Waals surface area contributed by atoms with Gasteiger partial charge in [0.05, 0.1) is 10.7 Å². The van der Waals surface area contributed by atoms with Crippen LogP contribution < -0.4 is 5.32 Å². The number of halogens is 1. The summed E-state index contributed by atoms with van der Waals surface area (Å²) in [6.07, 6.45) is 3.23. The predicted molar refractivity (Wildman–Crippen MR) is 68.5 cm³/mol. The molecule has 0 saturated heterocycles. The first-order valence-electron chi connectivity index (χ1n) is 5.29. The van der Waals surface area contributed by atoms with Gasteiger partial charge in [-0.05, 0) is 5.41 Å². The number of rotatable bonds is 3. The summed E-state index contributed by atoms with van der Waals surface area (Å²) in [4.78, 5) is 15.6. The van der Waals surface area contributed by atoms with Crippen LogP contribution in [0.2, 0.25) is 5.02 Å². The molecule has 94 valence electrons. The maximum absolute atomic E-state index is 11.5. The molecule has 0 aromatic carbocycles. The van der Waals surface area contributed by atoms with Crippen LogP contribution in [0, 0.1) is 0 Å². The third-order valence-electron chi connectivity index (χ3n) is 2.25. The Kier molecular flexibility index (Phi) is 4.48. The molecule has 0 unspecified atom stereocenters. The second-order valence-electron chi connectivity index (χ2n) is 4.78. The Hall–Kier alpha value is -1.13. The molecule has 0 fully saturated rings. The van der Waals surface area contributed by atoms with E-state index < -0.39 is 0 Å². The highest BCUT2D eigenvalue weighted by atomic mass is 35.5. The van der Waals surface area contributed by atoms with Gasteiger partial charge >= 0.3 is 0 Å². The van der Waals surface area contributed by atoms with Gasteiger partial charge in [0.2, 0.25) is 5.91 Å². The molecule has 1 N–H and O–H groups in total. The standard InChI is InChI=1S/C12H17ClN2O2/c1-12(2,3)8-5-14-6-9(13)11(8)15-10(16)7-17-4/h5-6H,7H2,1-4H3,(H,14,15,16). The molecule has 5 heteroatoms. The molecule has 1 heterocycles. The van der Waals surface area contributed by atoms with Crippen LogP contribution in [0.4, 0.5) is 5.69 Å². The molecule has 0 saturated carbocycles. The van der Waals surface area contributed by atoms with Crippen molar-refractivity contribution in [3.63, 3.8) is 0 Å². The van der Waals surface area contributed by atoms with E-state index in [0.717, 1.165) is 5.56 Å². The Balaban J connectivity index is 3.09. The molecule has 1 amide bonds. The number of hydrogen-bond acceptors (Lipinski definition) is 3. The molecule has 1 aromatic heterocycles. The van der Waals surface area contributed by atoms with Crippen LogP contribution >= 0.6 is 11.6 Å². The Labute approximate surface area is 106 Å². The lowest BCUT2D eigenvalue weighted by molar-refractivity contribution is -0.119.